The highest BCUT2D eigenvalue weighted by molar-refractivity contribution is 6.16. The second kappa shape index (κ2) is 15.6. The van der Waals surface area contributed by atoms with E-state index in [1.807, 2.05) is 0 Å². The van der Waals surface area contributed by atoms with Crippen molar-refractivity contribution in [2.24, 2.45) is 10.9 Å². The van der Waals surface area contributed by atoms with E-state index >= 15 is 0 Å². The number of nitrogens with zero attached hydrogens (tertiary/aromatic N) is 4. The number of carbonyl (C=O) groups excluding carboxylic acids is 2. The van der Waals surface area contributed by atoms with Gasteiger partial charge in [0.05, 0.1) is 17.0 Å². The Morgan fingerprint density at radius 2 is 1.80 bits per heavy atom. The Kier molecular flexibility index (Phi) is 11.9. The lowest BCUT2D eigenvalue weighted by Crippen LogP contribution is -2.38. The Hall–Kier alpha value is -5.08. The number of hydrogen-bond donors (Lipinski definition) is 3. The van der Waals surface area contributed by atoms with Gasteiger partial charge in [0.25, 0.3) is 0 Å². The van der Waals surface area contributed by atoms with Crippen LogP contribution in [0, 0.1) is 41.9 Å². The molecule has 15 heteroatoms. The van der Waals surface area contributed by atoms with E-state index in [0.717, 1.165) is 31.6 Å². The summed E-state index contributed by atoms with van der Waals surface area (Å²) in [7, 11) is 2.97. The number of aromatic nitrogens is 2. The predicted molar refractivity (Wildman–Crippen MR) is 157 cm³/mol. The van der Waals surface area contributed by atoms with E-state index < -0.39 is 40.6 Å². The van der Waals surface area contributed by atoms with E-state index in [1.165, 1.54) is 25.5 Å². The summed E-state index contributed by atoms with van der Waals surface area (Å²) in [5, 5.41) is 5.21. The maximum Gasteiger partial charge on any atom is 0.317 e. The first-order valence-corrected chi connectivity index (χ1v) is 13.6. The van der Waals surface area contributed by atoms with E-state index in [9.17, 15) is 31.5 Å². The fourth-order valence-electron chi connectivity index (χ4n) is 4.29. The average molecular weight is 634 g/mol. The summed E-state index contributed by atoms with van der Waals surface area (Å²) in [5.74, 6) is -8.87. The van der Waals surface area contributed by atoms with Gasteiger partial charge >= 0.3 is 6.03 Å². The number of halogens is 5. The molecule has 0 bridgehead atoms. The molecule has 4 N–H and O–H groups in total. The Labute approximate surface area is 256 Å². The highest BCUT2D eigenvalue weighted by Gasteiger charge is 2.24. The smallest absolute Gasteiger partial charge is 0.317 e. The zero-order valence-electron chi connectivity index (χ0n) is 24.9. The Morgan fingerprint density at radius 3 is 2.36 bits per heavy atom. The normalized spacial score (nSPS) is 14.6. The Bertz CT molecular complexity index is 1570. The van der Waals surface area contributed by atoms with Crippen LogP contribution < -0.4 is 21.1 Å². The van der Waals surface area contributed by atoms with Gasteiger partial charge in [0.15, 0.2) is 11.6 Å². The molecule has 4 rings (SSSR count). The van der Waals surface area contributed by atoms with Crippen molar-refractivity contribution < 1.29 is 36.3 Å². The second-order valence-electron chi connectivity index (χ2n) is 9.88. The molecule has 3 aromatic rings. The van der Waals surface area contributed by atoms with Crippen molar-refractivity contribution in [3.63, 3.8) is 0 Å². The van der Waals surface area contributed by atoms with Gasteiger partial charge in [-0.25, -0.2) is 27.9 Å². The van der Waals surface area contributed by atoms with E-state index in [2.05, 4.69) is 32.5 Å². The van der Waals surface area contributed by atoms with Crippen molar-refractivity contribution in [3.8, 4) is 11.5 Å². The van der Waals surface area contributed by atoms with Crippen molar-refractivity contribution in [2.75, 3.05) is 39.5 Å². The van der Waals surface area contributed by atoms with Crippen LogP contribution in [0.2, 0.25) is 0 Å². The van der Waals surface area contributed by atoms with Crippen molar-refractivity contribution in [3.05, 3.63) is 88.7 Å². The summed E-state index contributed by atoms with van der Waals surface area (Å²) in [6.07, 6.45) is 5.36. The molecule has 0 spiro atoms. The molecule has 45 heavy (non-hydrogen) atoms. The lowest BCUT2D eigenvalue weighted by Gasteiger charge is -2.15. The Balaban J connectivity index is 0.000000292. The van der Waals surface area contributed by atoms with Crippen molar-refractivity contribution in [1.82, 2.24) is 25.5 Å². The van der Waals surface area contributed by atoms with E-state index in [-0.39, 0.29) is 35.1 Å². The fourth-order valence-corrected chi connectivity index (χ4v) is 4.29. The number of nitrogens with two attached hydrogens (primary N) is 1. The molecule has 1 unspecified atom stereocenters. The number of amides is 3. The number of rotatable bonds is 7. The molecule has 1 atom stereocenters. The molecule has 240 valence electrons. The number of nitrogen functional groups attached to an aromatic ring is 1. The minimum atomic E-state index is -1.74. The molecule has 0 saturated carbocycles. The summed E-state index contributed by atoms with van der Waals surface area (Å²) in [5.41, 5.74) is 6.73. The average Bonchev–Trinajstić information content (AvgIpc) is 3.45. The number of carbonyl (C=O) groups is 2. The summed E-state index contributed by atoms with van der Waals surface area (Å²) < 4.78 is 73.7. The van der Waals surface area contributed by atoms with Crippen LogP contribution in [0.3, 0.4) is 0 Å². The highest BCUT2D eigenvalue weighted by atomic mass is 19.2. The third-order valence-corrected chi connectivity index (χ3v) is 6.61. The Morgan fingerprint density at radius 1 is 1.11 bits per heavy atom. The van der Waals surface area contributed by atoms with Gasteiger partial charge in [-0.3, -0.25) is 9.79 Å². The van der Waals surface area contributed by atoms with Crippen LogP contribution in [-0.4, -0.2) is 66.2 Å². The molecule has 1 saturated heterocycles. The minimum absolute atomic E-state index is 0.0178. The number of benzene rings is 2. The van der Waals surface area contributed by atoms with Gasteiger partial charge in [0.2, 0.25) is 23.3 Å². The summed E-state index contributed by atoms with van der Waals surface area (Å²) in [6.45, 7) is 5.81. The monoisotopic (exact) mass is 633 g/mol. The number of likely N-dealkylation sites (N-methyl/N-ethyl adjacent to an activating group) is 1. The van der Waals surface area contributed by atoms with E-state index in [0.29, 0.717) is 23.7 Å². The van der Waals surface area contributed by atoms with Crippen LogP contribution in [0.5, 0.6) is 11.5 Å². The maximum absolute atomic E-state index is 14.7. The SMILES string of the molecule is CN=C(c1ccc(Oc2c(F)c(F)cc(F)c2F)cc1F)c1c(C)ncnc1N.CNC(=O)/C=C/CNC(=O)N1CCC(C)C1. The first kappa shape index (κ1) is 34.4. The topological polar surface area (TPSA) is 135 Å². The standard InChI is InChI=1S/C19H13F5N4O.C11H19N3O2/c1-8-14(19(25)28-7-27-8)17(26-2)10-4-3-9(5-11(10)20)29-18-15(23)12(21)6-13(22)16(18)24;1-9-5-7-14(8-9)11(16)13-6-3-4-10(15)12-2/h3-7H,1-2H3,(H2,25,27,28);3-4,9H,5-8H2,1-2H3,(H,12,15)(H,13,16)/b;4-3+. The van der Waals surface area contributed by atoms with Crippen molar-refractivity contribution >= 4 is 23.5 Å². The number of nitrogens with one attached hydrogen (secondary N) is 2. The molecule has 1 aliphatic rings. The van der Waals surface area contributed by atoms with Crippen LogP contribution in [0.1, 0.15) is 30.2 Å². The van der Waals surface area contributed by atoms with E-state index in [1.54, 1.807) is 24.9 Å². The fraction of sp³-hybridized carbons (Fsp3) is 0.300. The molecule has 2 heterocycles. The molecular weight excluding hydrogens is 601 g/mol. The molecule has 0 radical (unpaired) electrons. The zero-order valence-corrected chi connectivity index (χ0v) is 24.9. The first-order chi connectivity index (χ1) is 21.4. The number of aryl methyl sites for hydroxylation is 1. The van der Waals surface area contributed by atoms with Crippen LogP contribution >= 0.6 is 0 Å². The molecule has 10 nitrogen and oxygen atoms in total. The molecule has 0 aliphatic carbocycles. The molecule has 2 aromatic carbocycles. The summed E-state index contributed by atoms with van der Waals surface area (Å²) >= 11 is 0. The van der Waals surface area contributed by atoms with Gasteiger partial charge in [-0.2, -0.15) is 8.78 Å². The number of aliphatic imine (C=N–C) groups is 1. The van der Waals surface area contributed by atoms with Gasteiger partial charge in [0.1, 0.15) is 23.7 Å². The molecule has 3 amide bonds. The lowest BCUT2D eigenvalue weighted by molar-refractivity contribution is -0.116. The summed E-state index contributed by atoms with van der Waals surface area (Å²) in [6, 6.07) is 3.15. The third-order valence-electron chi connectivity index (χ3n) is 6.61. The van der Waals surface area contributed by atoms with E-state index in [4.69, 9.17) is 10.5 Å². The largest absolute Gasteiger partial charge is 0.451 e. The zero-order chi connectivity index (χ0) is 33.3. The second-order valence-corrected chi connectivity index (χ2v) is 9.88. The van der Waals surface area contributed by atoms with Crippen LogP contribution in [0.4, 0.5) is 32.6 Å². The molecule has 1 aliphatic heterocycles. The van der Waals surface area contributed by atoms with Gasteiger partial charge in [-0.05, 0) is 31.4 Å². The predicted octanol–water partition coefficient (Wildman–Crippen LogP) is 4.66. The number of urea groups is 1. The third kappa shape index (κ3) is 8.74. The number of ether oxygens (including phenoxy) is 1. The molecule has 1 fully saturated rings. The first-order valence-electron chi connectivity index (χ1n) is 13.6. The number of likely N-dealkylation sites (tertiary alicyclic amines) is 1. The highest BCUT2D eigenvalue weighted by Crippen LogP contribution is 2.32. The lowest BCUT2D eigenvalue weighted by atomic mass is 10.0. The minimum Gasteiger partial charge on any atom is -0.451 e. The maximum atomic E-state index is 14.7. The van der Waals surface area contributed by atoms with Crippen LogP contribution in [-0.2, 0) is 4.79 Å². The molecular formula is C30H32F5N7O3. The number of anilines is 1. The van der Waals surface area contributed by atoms with Gasteiger partial charge < -0.3 is 26.0 Å². The van der Waals surface area contributed by atoms with Crippen LogP contribution in [0.25, 0.3) is 0 Å². The summed E-state index contributed by atoms with van der Waals surface area (Å²) in [4.78, 5) is 36.1. The number of hydrogen-bond acceptors (Lipinski definition) is 7. The van der Waals surface area contributed by atoms with Gasteiger partial charge in [-0.15, -0.1) is 0 Å². The van der Waals surface area contributed by atoms with Crippen molar-refractivity contribution in [1.29, 1.82) is 0 Å². The van der Waals surface area contributed by atoms with Crippen LogP contribution in [0.15, 0.2) is 47.7 Å². The quantitative estimate of drug-likeness (QED) is 0.150. The van der Waals surface area contributed by atoms with Crippen molar-refractivity contribution in [2.45, 2.75) is 20.3 Å². The van der Waals surface area contributed by atoms with Gasteiger partial charge in [-0.1, -0.05) is 13.0 Å². The molecule has 1 aromatic heterocycles. The van der Waals surface area contributed by atoms with Gasteiger partial charge in [0, 0.05) is 57.5 Å².